The van der Waals surface area contributed by atoms with Gasteiger partial charge in [0.25, 0.3) is 0 Å². The Balaban J connectivity index is 1.88. The lowest BCUT2D eigenvalue weighted by molar-refractivity contribution is 0.660. The molecule has 0 saturated heterocycles. The summed E-state index contributed by atoms with van der Waals surface area (Å²) in [5, 5.41) is 4.12. The molecular formula is C10H14N4S. The van der Waals surface area contributed by atoms with E-state index in [-0.39, 0.29) is 6.04 Å². The molecule has 5 heteroatoms. The number of nitrogens with zero attached hydrogens (tertiary/aromatic N) is 3. The van der Waals surface area contributed by atoms with E-state index in [2.05, 4.69) is 10.1 Å². The van der Waals surface area contributed by atoms with Crippen molar-refractivity contribution < 1.29 is 0 Å². The van der Waals surface area contributed by atoms with Gasteiger partial charge in [-0.3, -0.25) is 9.67 Å². The second kappa shape index (κ2) is 4.55. The van der Waals surface area contributed by atoms with Crippen molar-refractivity contribution in [3.05, 3.63) is 34.5 Å². The van der Waals surface area contributed by atoms with E-state index in [4.69, 9.17) is 5.73 Å². The maximum Gasteiger partial charge on any atom is 0.0794 e. The average Bonchev–Trinajstić information content (AvgIpc) is 2.84. The minimum atomic E-state index is 0.0951. The second-order valence-electron chi connectivity index (χ2n) is 3.57. The van der Waals surface area contributed by atoms with Crippen LogP contribution in [0.25, 0.3) is 0 Å². The van der Waals surface area contributed by atoms with Crippen LogP contribution in [0, 0.1) is 0 Å². The quantitative estimate of drug-likeness (QED) is 0.853. The molecule has 2 heterocycles. The summed E-state index contributed by atoms with van der Waals surface area (Å²) in [6.45, 7) is 0. The first kappa shape index (κ1) is 10.3. The Bertz CT molecular complexity index is 407. The third kappa shape index (κ3) is 2.64. The molecule has 2 rings (SSSR count). The second-order valence-corrected chi connectivity index (χ2v) is 4.49. The van der Waals surface area contributed by atoms with E-state index in [0.717, 1.165) is 17.7 Å². The van der Waals surface area contributed by atoms with Crippen molar-refractivity contribution in [3.8, 4) is 0 Å². The smallest absolute Gasteiger partial charge is 0.0794 e. The Morgan fingerprint density at radius 1 is 1.53 bits per heavy atom. The van der Waals surface area contributed by atoms with Crippen molar-refractivity contribution in [2.75, 3.05) is 0 Å². The van der Waals surface area contributed by atoms with Gasteiger partial charge in [0.1, 0.15) is 0 Å². The van der Waals surface area contributed by atoms with Gasteiger partial charge in [0.15, 0.2) is 0 Å². The van der Waals surface area contributed by atoms with E-state index in [1.807, 2.05) is 35.8 Å². The van der Waals surface area contributed by atoms with Crippen LogP contribution in [0.2, 0.25) is 0 Å². The highest BCUT2D eigenvalue weighted by Gasteiger charge is 2.08. The molecule has 2 N–H and O–H groups in total. The molecule has 0 amide bonds. The van der Waals surface area contributed by atoms with Gasteiger partial charge in [-0.1, -0.05) is 0 Å². The van der Waals surface area contributed by atoms with Crippen molar-refractivity contribution in [2.24, 2.45) is 12.8 Å². The standard InChI is InChI=1S/C10H14N4S/c1-14-6-8(4-13-14)2-3-9(11)10-5-12-7-15-10/h4-7,9H,2-3,11H2,1H3. The van der Waals surface area contributed by atoms with Gasteiger partial charge in [-0.2, -0.15) is 5.10 Å². The zero-order chi connectivity index (χ0) is 10.7. The molecule has 1 atom stereocenters. The number of hydrogen-bond donors (Lipinski definition) is 1. The summed E-state index contributed by atoms with van der Waals surface area (Å²) in [6.07, 6.45) is 7.66. The van der Waals surface area contributed by atoms with Gasteiger partial charge in [0, 0.05) is 30.4 Å². The van der Waals surface area contributed by atoms with Crippen LogP contribution in [0.5, 0.6) is 0 Å². The molecule has 0 spiro atoms. The molecule has 0 bridgehead atoms. The van der Waals surface area contributed by atoms with Crippen LogP contribution in [0.15, 0.2) is 24.1 Å². The number of aryl methyl sites for hydroxylation is 2. The first-order valence-electron chi connectivity index (χ1n) is 4.87. The molecule has 0 aliphatic heterocycles. The fourth-order valence-corrected chi connectivity index (χ4v) is 2.13. The summed E-state index contributed by atoms with van der Waals surface area (Å²) in [5.74, 6) is 0. The number of hydrogen-bond acceptors (Lipinski definition) is 4. The van der Waals surface area contributed by atoms with Crippen molar-refractivity contribution in [1.29, 1.82) is 0 Å². The predicted molar refractivity (Wildman–Crippen MR) is 60.6 cm³/mol. The van der Waals surface area contributed by atoms with Crippen LogP contribution < -0.4 is 5.73 Å². The monoisotopic (exact) mass is 222 g/mol. The molecule has 0 fully saturated rings. The van der Waals surface area contributed by atoms with Crippen LogP contribution in [0.1, 0.15) is 22.9 Å². The lowest BCUT2D eigenvalue weighted by Crippen LogP contribution is -2.09. The topological polar surface area (TPSA) is 56.7 Å². The van der Waals surface area contributed by atoms with E-state index < -0.39 is 0 Å². The molecule has 15 heavy (non-hydrogen) atoms. The van der Waals surface area contributed by atoms with Gasteiger partial charge in [0.05, 0.1) is 11.7 Å². The zero-order valence-electron chi connectivity index (χ0n) is 8.63. The van der Waals surface area contributed by atoms with Crippen molar-refractivity contribution in [3.63, 3.8) is 0 Å². The molecule has 0 aromatic carbocycles. The Labute approximate surface area is 92.8 Å². The van der Waals surface area contributed by atoms with Gasteiger partial charge in [-0.15, -0.1) is 11.3 Å². The largest absolute Gasteiger partial charge is 0.323 e. The molecule has 2 aromatic rings. The van der Waals surface area contributed by atoms with Crippen LogP contribution >= 0.6 is 11.3 Å². The highest BCUT2D eigenvalue weighted by Crippen LogP contribution is 2.19. The average molecular weight is 222 g/mol. The summed E-state index contributed by atoms with van der Waals surface area (Å²) in [6, 6.07) is 0.0951. The van der Waals surface area contributed by atoms with Crippen LogP contribution in [-0.2, 0) is 13.5 Å². The lowest BCUT2D eigenvalue weighted by atomic mass is 10.1. The molecule has 80 valence electrons. The number of thiazole rings is 1. The number of aromatic nitrogens is 3. The molecule has 0 aliphatic rings. The third-order valence-electron chi connectivity index (χ3n) is 2.32. The lowest BCUT2D eigenvalue weighted by Gasteiger charge is -2.06. The van der Waals surface area contributed by atoms with E-state index in [0.29, 0.717) is 0 Å². The van der Waals surface area contributed by atoms with E-state index >= 15 is 0 Å². The summed E-state index contributed by atoms with van der Waals surface area (Å²) < 4.78 is 1.81. The highest BCUT2D eigenvalue weighted by molar-refractivity contribution is 7.09. The van der Waals surface area contributed by atoms with E-state index in [1.54, 1.807) is 11.3 Å². The van der Waals surface area contributed by atoms with Gasteiger partial charge < -0.3 is 5.73 Å². The van der Waals surface area contributed by atoms with E-state index in [1.165, 1.54) is 5.56 Å². The van der Waals surface area contributed by atoms with Crippen molar-refractivity contribution in [2.45, 2.75) is 18.9 Å². The van der Waals surface area contributed by atoms with Gasteiger partial charge in [-0.05, 0) is 18.4 Å². The summed E-state index contributed by atoms with van der Waals surface area (Å²) in [5.41, 5.74) is 9.09. The first-order valence-corrected chi connectivity index (χ1v) is 5.75. The Kier molecular flexibility index (Phi) is 3.13. The predicted octanol–water partition coefficient (Wildman–Crippen LogP) is 1.51. The molecule has 0 radical (unpaired) electrons. The van der Waals surface area contributed by atoms with Gasteiger partial charge in [-0.25, -0.2) is 0 Å². The molecule has 0 aliphatic carbocycles. The Hall–Kier alpha value is -1.20. The fraction of sp³-hybridized carbons (Fsp3) is 0.400. The highest BCUT2D eigenvalue weighted by atomic mass is 32.1. The zero-order valence-corrected chi connectivity index (χ0v) is 9.44. The van der Waals surface area contributed by atoms with Crippen molar-refractivity contribution >= 4 is 11.3 Å². The summed E-state index contributed by atoms with van der Waals surface area (Å²) in [4.78, 5) is 5.18. The molecular weight excluding hydrogens is 208 g/mol. The van der Waals surface area contributed by atoms with Gasteiger partial charge in [0.2, 0.25) is 0 Å². The minimum absolute atomic E-state index is 0.0951. The third-order valence-corrected chi connectivity index (χ3v) is 3.23. The Morgan fingerprint density at radius 2 is 2.40 bits per heavy atom. The SMILES string of the molecule is Cn1cc(CCC(N)c2cncs2)cn1. The van der Waals surface area contributed by atoms with Crippen LogP contribution in [-0.4, -0.2) is 14.8 Å². The van der Waals surface area contributed by atoms with Gasteiger partial charge >= 0.3 is 0 Å². The first-order chi connectivity index (χ1) is 7.25. The maximum absolute atomic E-state index is 6.04. The number of rotatable bonds is 4. The summed E-state index contributed by atoms with van der Waals surface area (Å²) >= 11 is 1.61. The van der Waals surface area contributed by atoms with E-state index in [9.17, 15) is 0 Å². The molecule has 0 saturated carbocycles. The maximum atomic E-state index is 6.04. The molecule has 4 nitrogen and oxygen atoms in total. The minimum Gasteiger partial charge on any atom is -0.323 e. The Morgan fingerprint density at radius 3 is 3.00 bits per heavy atom. The summed E-state index contributed by atoms with van der Waals surface area (Å²) in [7, 11) is 1.92. The van der Waals surface area contributed by atoms with Crippen LogP contribution in [0.4, 0.5) is 0 Å². The van der Waals surface area contributed by atoms with Crippen LogP contribution in [0.3, 0.4) is 0 Å². The number of nitrogens with two attached hydrogens (primary N) is 1. The fourth-order valence-electron chi connectivity index (χ4n) is 1.47. The molecule has 1 unspecified atom stereocenters. The molecule has 2 aromatic heterocycles. The van der Waals surface area contributed by atoms with Crippen molar-refractivity contribution in [1.82, 2.24) is 14.8 Å². The normalized spacial score (nSPS) is 12.9.